The number of hydrogen-bond donors (Lipinski definition) is 2. The van der Waals surface area contributed by atoms with Gasteiger partial charge in [0.2, 0.25) is 0 Å². The van der Waals surface area contributed by atoms with E-state index in [-0.39, 0.29) is 11.5 Å². The highest BCUT2D eigenvalue weighted by Gasteiger charge is 2.09. The molecule has 4 heteroatoms. The molecule has 0 amide bonds. The van der Waals surface area contributed by atoms with E-state index in [1.54, 1.807) is 30.3 Å². The standard InChI is InChI=1S/C21H16O4/c22-19-13-16(11-12-21(24)25-17-9-5-2-6-10-17)18(14-20(19)23)15-7-3-1-4-8-15/h1-14,22-23H/b12-11+. The van der Waals surface area contributed by atoms with Gasteiger partial charge in [0, 0.05) is 6.08 Å². The zero-order chi connectivity index (χ0) is 17.6. The molecule has 0 atom stereocenters. The van der Waals surface area contributed by atoms with Crippen LogP contribution in [0.5, 0.6) is 17.2 Å². The van der Waals surface area contributed by atoms with Gasteiger partial charge >= 0.3 is 5.97 Å². The van der Waals surface area contributed by atoms with Crippen molar-refractivity contribution in [2.24, 2.45) is 0 Å². The molecular weight excluding hydrogens is 316 g/mol. The van der Waals surface area contributed by atoms with Crippen molar-refractivity contribution in [1.29, 1.82) is 0 Å². The molecule has 0 saturated heterocycles. The van der Waals surface area contributed by atoms with E-state index in [0.29, 0.717) is 16.9 Å². The second kappa shape index (κ2) is 7.36. The third-order valence-electron chi connectivity index (χ3n) is 3.59. The third kappa shape index (κ3) is 4.06. The molecule has 3 aromatic rings. The van der Waals surface area contributed by atoms with E-state index >= 15 is 0 Å². The van der Waals surface area contributed by atoms with Crippen LogP contribution in [0.3, 0.4) is 0 Å². The molecule has 0 aliphatic carbocycles. The lowest BCUT2D eigenvalue weighted by molar-refractivity contribution is -0.128. The summed E-state index contributed by atoms with van der Waals surface area (Å²) in [7, 11) is 0. The van der Waals surface area contributed by atoms with Gasteiger partial charge in [-0.05, 0) is 47.0 Å². The minimum Gasteiger partial charge on any atom is -0.504 e. The van der Waals surface area contributed by atoms with Gasteiger partial charge in [-0.15, -0.1) is 0 Å². The molecule has 4 nitrogen and oxygen atoms in total. The van der Waals surface area contributed by atoms with Crippen molar-refractivity contribution in [2.75, 3.05) is 0 Å². The Labute approximate surface area is 145 Å². The Balaban J connectivity index is 1.89. The molecule has 0 spiro atoms. The lowest BCUT2D eigenvalue weighted by Crippen LogP contribution is -2.03. The minimum absolute atomic E-state index is 0.220. The van der Waals surface area contributed by atoms with Crippen molar-refractivity contribution in [3.8, 4) is 28.4 Å². The predicted molar refractivity (Wildman–Crippen MR) is 96.3 cm³/mol. The van der Waals surface area contributed by atoms with E-state index in [4.69, 9.17) is 4.74 Å². The first-order valence-electron chi connectivity index (χ1n) is 7.70. The van der Waals surface area contributed by atoms with Crippen LogP contribution >= 0.6 is 0 Å². The van der Waals surface area contributed by atoms with Crippen LogP contribution in [0, 0.1) is 0 Å². The maximum Gasteiger partial charge on any atom is 0.336 e. The van der Waals surface area contributed by atoms with Gasteiger partial charge in [0.25, 0.3) is 0 Å². The molecule has 0 bridgehead atoms. The lowest BCUT2D eigenvalue weighted by Gasteiger charge is -2.09. The van der Waals surface area contributed by atoms with Crippen LogP contribution in [0.1, 0.15) is 5.56 Å². The first kappa shape index (κ1) is 16.3. The summed E-state index contributed by atoms with van der Waals surface area (Å²) in [4.78, 5) is 12.0. The van der Waals surface area contributed by atoms with Crippen LogP contribution in [0.2, 0.25) is 0 Å². The normalized spacial score (nSPS) is 10.7. The number of carbonyl (C=O) groups excluding carboxylic acids is 1. The summed E-state index contributed by atoms with van der Waals surface area (Å²) >= 11 is 0. The Kier molecular flexibility index (Phi) is 4.81. The van der Waals surface area contributed by atoms with E-state index < -0.39 is 5.97 Å². The number of carbonyl (C=O) groups is 1. The van der Waals surface area contributed by atoms with E-state index in [0.717, 1.165) is 5.56 Å². The zero-order valence-corrected chi connectivity index (χ0v) is 13.3. The fourth-order valence-electron chi connectivity index (χ4n) is 2.40. The van der Waals surface area contributed by atoms with Gasteiger partial charge in [-0.25, -0.2) is 4.79 Å². The Bertz CT molecular complexity index is 900. The summed E-state index contributed by atoms with van der Waals surface area (Å²) in [6, 6.07) is 21.0. The zero-order valence-electron chi connectivity index (χ0n) is 13.3. The fraction of sp³-hybridized carbons (Fsp3) is 0. The van der Waals surface area contributed by atoms with Gasteiger partial charge in [0.05, 0.1) is 0 Å². The Morgan fingerprint density at radius 2 is 1.44 bits per heavy atom. The molecular formula is C21H16O4. The average Bonchev–Trinajstić information content (AvgIpc) is 2.64. The molecule has 0 saturated carbocycles. The van der Waals surface area contributed by atoms with Crippen LogP contribution < -0.4 is 4.74 Å². The second-order valence-corrected chi connectivity index (χ2v) is 5.36. The number of aromatic hydroxyl groups is 2. The second-order valence-electron chi connectivity index (χ2n) is 5.36. The Morgan fingerprint density at radius 3 is 2.12 bits per heavy atom. The van der Waals surface area contributed by atoms with Crippen LogP contribution in [-0.4, -0.2) is 16.2 Å². The lowest BCUT2D eigenvalue weighted by atomic mass is 9.98. The van der Waals surface area contributed by atoms with Gasteiger partial charge in [0.1, 0.15) is 5.75 Å². The number of para-hydroxylation sites is 1. The molecule has 2 N–H and O–H groups in total. The van der Waals surface area contributed by atoms with E-state index in [2.05, 4.69) is 0 Å². The Hall–Kier alpha value is -3.53. The van der Waals surface area contributed by atoms with Crippen LogP contribution in [-0.2, 0) is 4.79 Å². The molecule has 124 valence electrons. The monoisotopic (exact) mass is 332 g/mol. The third-order valence-corrected chi connectivity index (χ3v) is 3.59. The van der Waals surface area contributed by atoms with Crippen molar-refractivity contribution in [2.45, 2.75) is 0 Å². The summed E-state index contributed by atoms with van der Waals surface area (Å²) in [5.74, 6) is -0.551. The number of ether oxygens (including phenoxy) is 1. The summed E-state index contributed by atoms with van der Waals surface area (Å²) in [5, 5.41) is 19.6. The summed E-state index contributed by atoms with van der Waals surface area (Å²) in [5.41, 5.74) is 2.14. The van der Waals surface area contributed by atoms with Crippen molar-refractivity contribution in [3.63, 3.8) is 0 Å². The number of phenolic OH excluding ortho intramolecular Hbond substituents is 2. The molecule has 0 fully saturated rings. The van der Waals surface area contributed by atoms with Crippen molar-refractivity contribution in [3.05, 3.63) is 84.4 Å². The van der Waals surface area contributed by atoms with Gasteiger partial charge < -0.3 is 14.9 Å². The molecule has 25 heavy (non-hydrogen) atoms. The van der Waals surface area contributed by atoms with Crippen molar-refractivity contribution < 1.29 is 19.7 Å². The maximum atomic E-state index is 12.0. The molecule has 0 aliphatic rings. The topological polar surface area (TPSA) is 66.8 Å². The highest BCUT2D eigenvalue weighted by Crippen LogP contribution is 2.35. The summed E-state index contributed by atoms with van der Waals surface area (Å²) in [6.45, 7) is 0. The summed E-state index contributed by atoms with van der Waals surface area (Å²) < 4.78 is 5.20. The first-order valence-corrected chi connectivity index (χ1v) is 7.70. The molecule has 0 aromatic heterocycles. The van der Waals surface area contributed by atoms with Gasteiger partial charge in [0.15, 0.2) is 11.5 Å². The van der Waals surface area contributed by atoms with Crippen LogP contribution in [0.25, 0.3) is 17.2 Å². The number of esters is 1. The Morgan fingerprint density at radius 1 is 0.840 bits per heavy atom. The highest BCUT2D eigenvalue weighted by molar-refractivity contribution is 5.91. The molecule has 0 radical (unpaired) electrons. The largest absolute Gasteiger partial charge is 0.504 e. The predicted octanol–water partition coefficient (Wildman–Crippen LogP) is 4.38. The maximum absolute atomic E-state index is 12.0. The SMILES string of the molecule is O=C(/C=C/c1cc(O)c(O)cc1-c1ccccc1)Oc1ccccc1. The van der Waals surface area contributed by atoms with E-state index in [1.165, 1.54) is 18.2 Å². The van der Waals surface area contributed by atoms with E-state index in [1.807, 2.05) is 36.4 Å². The van der Waals surface area contributed by atoms with Crippen LogP contribution in [0.4, 0.5) is 0 Å². The highest BCUT2D eigenvalue weighted by atomic mass is 16.5. The molecule has 0 unspecified atom stereocenters. The molecule has 3 rings (SSSR count). The number of rotatable bonds is 4. The molecule has 0 heterocycles. The van der Waals surface area contributed by atoms with Gasteiger partial charge in [-0.3, -0.25) is 0 Å². The number of hydrogen-bond acceptors (Lipinski definition) is 4. The van der Waals surface area contributed by atoms with E-state index in [9.17, 15) is 15.0 Å². The van der Waals surface area contributed by atoms with Crippen molar-refractivity contribution in [1.82, 2.24) is 0 Å². The average molecular weight is 332 g/mol. The molecule has 3 aromatic carbocycles. The molecule has 0 aliphatic heterocycles. The fourth-order valence-corrected chi connectivity index (χ4v) is 2.40. The van der Waals surface area contributed by atoms with Gasteiger partial charge in [-0.2, -0.15) is 0 Å². The summed E-state index contributed by atoms with van der Waals surface area (Å²) in [6.07, 6.45) is 2.83. The minimum atomic E-state index is -0.530. The van der Waals surface area contributed by atoms with Gasteiger partial charge in [-0.1, -0.05) is 48.5 Å². The smallest absolute Gasteiger partial charge is 0.336 e. The van der Waals surface area contributed by atoms with Crippen molar-refractivity contribution >= 4 is 12.0 Å². The number of phenols is 2. The quantitative estimate of drug-likeness (QED) is 0.322. The first-order chi connectivity index (χ1) is 12.1. The number of benzene rings is 3. The van der Waals surface area contributed by atoms with Crippen LogP contribution in [0.15, 0.2) is 78.9 Å².